The first-order valence-corrected chi connectivity index (χ1v) is 10.3. The summed E-state index contributed by atoms with van der Waals surface area (Å²) in [6.07, 6.45) is -0.590. The second-order valence-electron chi connectivity index (χ2n) is 8.09. The van der Waals surface area contributed by atoms with Crippen LogP contribution in [0.3, 0.4) is 0 Å². The van der Waals surface area contributed by atoms with Crippen molar-refractivity contribution in [1.82, 2.24) is 10.6 Å². The highest BCUT2D eigenvalue weighted by atomic mass is 16.6. The summed E-state index contributed by atoms with van der Waals surface area (Å²) in [4.78, 5) is 36.0. The smallest absolute Gasteiger partial charge is 0.408 e. The molecule has 0 radical (unpaired) electrons. The number of carbonyl (C=O) groups excluding carboxylic acids is 3. The Kier molecular flexibility index (Phi) is 9.22. The van der Waals surface area contributed by atoms with Crippen LogP contribution >= 0.6 is 0 Å². The van der Waals surface area contributed by atoms with Gasteiger partial charge in [0, 0.05) is 6.54 Å². The van der Waals surface area contributed by atoms with Gasteiger partial charge in [-0.3, -0.25) is 4.79 Å². The Hall–Kier alpha value is -3.39. The van der Waals surface area contributed by atoms with Gasteiger partial charge in [-0.05, 0) is 44.0 Å². The Bertz CT molecular complexity index is 891. The highest BCUT2D eigenvalue weighted by molar-refractivity contribution is 5.89. The Morgan fingerprint density at radius 2 is 1.62 bits per heavy atom. The fraction of sp³-hybridized carbons (Fsp3) is 0.375. The van der Waals surface area contributed by atoms with Gasteiger partial charge in [0.25, 0.3) is 0 Å². The molecule has 2 aromatic carbocycles. The summed E-state index contributed by atoms with van der Waals surface area (Å²) in [5.41, 5.74) is 1.37. The van der Waals surface area contributed by atoms with Crippen LogP contribution in [-0.4, -0.2) is 43.8 Å². The summed E-state index contributed by atoms with van der Waals surface area (Å²) >= 11 is 0. The zero-order valence-electron chi connectivity index (χ0n) is 18.8. The number of amides is 1. The second kappa shape index (κ2) is 11.9. The van der Waals surface area contributed by atoms with Crippen LogP contribution < -0.4 is 10.6 Å². The minimum absolute atomic E-state index is 0.0282. The topological polar surface area (TPSA) is 103 Å². The molecule has 0 fully saturated rings. The van der Waals surface area contributed by atoms with Gasteiger partial charge in [0.15, 0.2) is 0 Å². The maximum absolute atomic E-state index is 12.3. The van der Waals surface area contributed by atoms with Crippen molar-refractivity contribution >= 4 is 18.0 Å². The van der Waals surface area contributed by atoms with Gasteiger partial charge in [0.2, 0.25) is 0 Å². The number of esters is 2. The van der Waals surface area contributed by atoms with Crippen LogP contribution in [0.2, 0.25) is 0 Å². The summed E-state index contributed by atoms with van der Waals surface area (Å²) in [6.45, 7) is 5.72. The van der Waals surface area contributed by atoms with Crippen molar-refractivity contribution in [2.45, 2.75) is 39.0 Å². The molecule has 8 nitrogen and oxygen atoms in total. The third-order valence-corrected chi connectivity index (χ3v) is 4.29. The molecule has 2 N–H and O–H groups in total. The van der Waals surface area contributed by atoms with Crippen molar-refractivity contribution in [2.75, 3.05) is 20.2 Å². The molecule has 172 valence electrons. The Balaban J connectivity index is 1.96. The zero-order valence-corrected chi connectivity index (χ0v) is 18.8. The molecule has 0 aliphatic heterocycles. The van der Waals surface area contributed by atoms with E-state index in [4.69, 9.17) is 14.2 Å². The Morgan fingerprint density at radius 1 is 0.969 bits per heavy atom. The predicted octanol–water partition coefficient (Wildman–Crippen LogP) is 3.37. The second-order valence-corrected chi connectivity index (χ2v) is 8.09. The van der Waals surface area contributed by atoms with Crippen LogP contribution in [0.4, 0.5) is 4.79 Å². The summed E-state index contributed by atoms with van der Waals surface area (Å²) in [6, 6.07) is 15.5. The molecule has 32 heavy (non-hydrogen) atoms. The summed E-state index contributed by atoms with van der Waals surface area (Å²) in [5.74, 6) is -0.863. The number of hydrogen-bond acceptors (Lipinski definition) is 7. The van der Waals surface area contributed by atoms with Crippen molar-refractivity contribution < 1.29 is 28.6 Å². The number of carbonyl (C=O) groups is 3. The average Bonchev–Trinajstić information content (AvgIpc) is 2.76. The van der Waals surface area contributed by atoms with Crippen LogP contribution in [0.25, 0.3) is 0 Å². The number of rotatable bonds is 9. The van der Waals surface area contributed by atoms with E-state index in [1.807, 2.05) is 30.3 Å². The first-order chi connectivity index (χ1) is 15.2. The highest BCUT2D eigenvalue weighted by Gasteiger charge is 2.21. The zero-order chi connectivity index (χ0) is 23.6. The van der Waals surface area contributed by atoms with Gasteiger partial charge in [-0.25, -0.2) is 9.59 Å². The normalized spacial score (nSPS) is 11.9. The third kappa shape index (κ3) is 8.77. The van der Waals surface area contributed by atoms with Gasteiger partial charge in [-0.2, -0.15) is 0 Å². The van der Waals surface area contributed by atoms with Crippen LogP contribution in [0, 0.1) is 0 Å². The van der Waals surface area contributed by atoms with Crippen molar-refractivity contribution in [3.63, 3.8) is 0 Å². The van der Waals surface area contributed by atoms with E-state index in [-0.39, 0.29) is 19.7 Å². The molecular weight excluding hydrogens is 412 g/mol. The van der Waals surface area contributed by atoms with E-state index in [2.05, 4.69) is 10.6 Å². The lowest BCUT2D eigenvalue weighted by molar-refractivity contribution is -0.143. The molecule has 1 amide bonds. The molecule has 0 aliphatic rings. The quantitative estimate of drug-likeness (QED) is 0.453. The number of benzene rings is 2. The van der Waals surface area contributed by atoms with Gasteiger partial charge >= 0.3 is 18.0 Å². The van der Waals surface area contributed by atoms with Crippen molar-refractivity contribution in [1.29, 1.82) is 0 Å². The van der Waals surface area contributed by atoms with Crippen LogP contribution in [-0.2, 0) is 25.6 Å². The largest absolute Gasteiger partial charge is 0.465 e. The standard InChI is InChI=1S/C24H30N2O6/c1-24(2,3)32-23(29)26-20(18-10-12-19(13-11-18)22(28)30-4)14-25-15-21(27)31-16-17-8-6-5-7-9-17/h5-13,20,25H,14-16H2,1-4H3,(H,26,29). The van der Waals surface area contributed by atoms with E-state index in [1.165, 1.54) is 7.11 Å². The molecule has 1 atom stereocenters. The summed E-state index contributed by atoms with van der Waals surface area (Å²) in [5, 5.41) is 5.79. The molecule has 1 unspecified atom stereocenters. The molecule has 0 saturated heterocycles. The first-order valence-electron chi connectivity index (χ1n) is 10.3. The van der Waals surface area contributed by atoms with Crippen LogP contribution in [0.5, 0.6) is 0 Å². The molecule has 8 heteroatoms. The number of methoxy groups -OCH3 is 1. The van der Waals surface area contributed by atoms with Crippen molar-refractivity contribution in [3.8, 4) is 0 Å². The SMILES string of the molecule is COC(=O)c1ccc(C(CNCC(=O)OCc2ccccc2)NC(=O)OC(C)(C)C)cc1. The van der Waals surface area contributed by atoms with E-state index in [1.54, 1.807) is 45.0 Å². The van der Waals surface area contributed by atoms with Gasteiger partial charge in [0.1, 0.15) is 12.2 Å². The molecule has 0 aliphatic carbocycles. The van der Waals surface area contributed by atoms with E-state index in [9.17, 15) is 14.4 Å². The van der Waals surface area contributed by atoms with Gasteiger partial charge < -0.3 is 24.8 Å². The highest BCUT2D eigenvalue weighted by Crippen LogP contribution is 2.16. The molecule has 0 aromatic heterocycles. The van der Waals surface area contributed by atoms with Crippen LogP contribution in [0.15, 0.2) is 54.6 Å². The van der Waals surface area contributed by atoms with E-state index in [0.29, 0.717) is 5.56 Å². The molecule has 0 spiro atoms. The average molecular weight is 443 g/mol. The maximum Gasteiger partial charge on any atom is 0.408 e. The molecule has 2 rings (SSSR count). The van der Waals surface area contributed by atoms with E-state index >= 15 is 0 Å². The monoisotopic (exact) mass is 442 g/mol. The summed E-state index contributed by atoms with van der Waals surface area (Å²) in [7, 11) is 1.31. The Labute approximate surface area is 188 Å². The molecule has 0 heterocycles. The van der Waals surface area contributed by atoms with Crippen LogP contribution in [0.1, 0.15) is 48.3 Å². The minimum Gasteiger partial charge on any atom is -0.465 e. The fourth-order valence-corrected chi connectivity index (χ4v) is 2.78. The van der Waals surface area contributed by atoms with Crippen molar-refractivity contribution in [3.05, 3.63) is 71.3 Å². The molecule has 0 bridgehead atoms. The van der Waals surface area contributed by atoms with Gasteiger partial charge in [0.05, 0.1) is 25.3 Å². The lowest BCUT2D eigenvalue weighted by Gasteiger charge is -2.24. The lowest BCUT2D eigenvalue weighted by Crippen LogP contribution is -2.40. The maximum atomic E-state index is 12.3. The molecular formula is C24H30N2O6. The number of nitrogens with one attached hydrogen (secondary N) is 2. The minimum atomic E-state index is -0.655. The van der Waals surface area contributed by atoms with E-state index in [0.717, 1.165) is 11.1 Å². The number of hydrogen-bond donors (Lipinski definition) is 2. The van der Waals surface area contributed by atoms with Crippen molar-refractivity contribution in [2.24, 2.45) is 0 Å². The predicted molar refractivity (Wildman–Crippen MR) is 119 cm³/mol. The first kappa shape index (κ1) is 24.9. The number of alkyl carbamates (subject to hydrolysis) is 1. The number of ether oxygens (including phenoxy) is 3. The van der Waals surface area contributed by atoms with Gasteiger partial charge in [-0.15, -0.1) is 0 Å². The Morgan fingerprint density at radius 3 is 2.22 bits per heavy atom. The lowest BCUT2D eigenvalue weighted by atomic mass is 10.0. The summed E-state index contributed by atoms with van der Waals surface area (Å²) < 4.78 is 15.3. The third-order valence-electron chi connectivity index (χ3n) is 4.29. The molecule has 0 saturated carbocycles. The fourth-order valence-electron chi connectivity index (χ4n) is 2.78. The van der Waals surface area contributed by atoms with Gasteiger partial charge in [-0.1, -0.05) is 42.5 Å². The van der Waals surface area contributed by atoms with E-state index < -0.39 is 29.7 Å². The molecule has 2 aromatic rings.